The highest BCUT2D eigenvalue weighted by Gasteiger charge is 2.29. The van der Waals surface area contributed by atoms with Gasteiger partial charge in [0.1, 0.15) is 5.82 Å². The van der Waals surface area contributed by atoms with Crippen LogP contribution < -0.4 is 5.73 Å². The number of benzene rings is 1. The molecule has 98 valence electrons. The molecule has 2 aromatic rings. The van der Waals surface area contributed by atoms with E-state index in [0.29, 0.717) is 22.6 Å². The third-order valence-corrected chi connectivity index (χ3v) is 5.36. The minimum absolute atomic E-state index is 0.548. The van der Waals surface area contributed by atoms with Crippen LogP contribution in [0.25, 0.3) is 11.4 Å². The van der Waals surface area contributed by atoms with E-state index in [4.69, 9.17) is 17.3 Å². The Morgan fingerprint density at radius 3 is 2.68 bits per heavy atom. The summed E-state index contributed by atoms with van der Waals surface area (Å²) in [6.45, 7) is 0. The van der Waals surface area contributed by atoms with Crippen molar-refractivity contribution in [3.63, 3.8) is 0 Å². The van der Waals surface area contributed by atoms with Crippen LogP contribution in [0.1, 0.15) is 24.5 Å². The molecule has 1 heterocycles. The number of hydrogen-bond acceptors (Lipinski definition) is 3. The van der Waals surface area contributed by atoms with Crippen LogP contribution >= 0.6 is 50.1 Å². The number of nitrogens with zero attached hydrogens (tertiary/aromatic N) is 2. The van der Waals surface area contributed by atoms with E-state index in [0.717, 1.165) is 19.3 Å². The van der Waals surface area contributed by atoms with E-state index in [9.17, 15) is 0 Å². The molecular weight excluding hydrogens is 440 g/mol. The first kappa shape index (κ1) is 13.6. The Labute approximate surface area is 138 Å². The Balaban J connectivity index is 2.11. The van der Waals surface area contributed by atoms with Gasteiger partial charge in [-0.1, -0.05) is 11.6 Å². The summed E-state index contributed by atoms with van der Waals surface area (Å²) < 4.78 is 1.82. The second kappa shape index (κ2) is 5.18. The molecule has 1 aliphatic carbocycles. The molecule has 1 aromatic heterocycles. The van der Waals surface area contributed by atoms with Gasteiger partial charge in [-0.2, -0.15) is 0 Å². The third kappa shape index (κ3) is 2.73. The van der Waals surface area contributed by atoms with Gasteiger partial charge >= 0.3 is 0 Å². The van der Waals surface area contributed by atoms with Crippen LogP contribution in [0.2, 0.25) is 5.02 Å². The van der Waals surface area contributed by atoms with Gasteiger partial charge in [0.05, 0.1) is 14.3 Å². The predicted molar refractivity (Wildman–Crippen MR) is 89.3 cm³/mol. The Bertz CT molecular complexity index is 659. The van der Waals surface area contributed by atoms with Crippen LogP contribution in [0.4, 0.5) is 5.82 Å². The highest BCUT2D eigenvalue weighted by Crippen LogP contribution is 2.42. The van der Waals surface area contributed by atoms with Crippen molar-refractivity contribution in [1.82, 2.24) is 9.97 Å². The molecule has 0 saturated heterocycles. The first-order valence-electron chi connectivity index (χ1n) is 5.84. The van der Waals surface area contributed by atoms with Gasteiger partial charge in [0.2, 0.25) is 0 Å². The van der Waals surface area contributed by atoms with Gasteiger partial charge < -0.3 is 5.73 Å². The van der Waals surface area contributed by atoms with Crippen molar-refractivity contribution in [2.75, 3.05) is 5.73 Å². The lowest BCUT2D eigenvalue weighted by Gasteiger charge is -2.09. The van der Waals surface area contributed by atoms with Gasteiger partial charge in [0.25, 0.3) is 0 Å². The highest BCUT2D eigenvalue weighted by atomic mass is 127. The van der Waals surface area contributed by atoms with Crippen LogP contribution in [-0.2, 0) is 0 Å². The topological polar surface area (TPSA) is 51.8 Å². The van der Waals surface area contributed by atoms with Gasteiger partial charge in [-0.25, -0.2) is 9.97 Å². The second-order valence-corrected chi connectivity index (χ2v) is 6.88. The normalized spacial score (nSPS) is 14.7. The summed E-state index contributed by atoms with van der Waals surface area (Å²) in [5, 5.41) is 0.671. The molecule has 1 fully saturated rings. The summed E-state index contributed by atoms with van der Waals surface area (Å²) in [7, 11) is 0. The van der Waals surface area contributed by atoms with Crippen molar-refractivity contribution in [2.45, 2.75) is 18.8 Å². The lowest BCUT2D eigenvalue weighted by atomic mass is 10.2. The molecule has 3 nitrogen and oxygen atoms in total. The zero-order valence-electron chi connectivity index (χ0n) is 9.83. The molecule has 3 rings (SSSR count). The lowest BCUT2D eigenvalue weighted by Crippen LogP contribution is -2.04. The average molecular weight is 451 g/mol. The maximum absolute atomic E-state index is 6.00. The minimum Gasteiger partial charge on any atom is -0.383 e. The first-order chi connectivity index (χ1) is 9.06. The van der Waals surface area contributed by atoms with Crippen molar-refractivity contribution >= 4 is 55.9 Å². The number of halogens is 3. The fourth-order valence-electron chi connectivity index (χ4n) is 1.87. The van der Waals surface area contributed by atoms with E-state index in [-0.39, 0.29) is 0 Å². The lowest BCUT2D eigenvalue weighted by molar-refractivity contribution is 0.983. The van der Waals surface area contributed by atoms with E-state index < -0.39 is 0 Å². The molecule has 0 unspecified atom stereocenters. The molecule has 1 aromatic carbocycles. The summed E-state index contributed by atoms with van der Waals surface area (Å²) in [6, 6.07) is 5.65. The molecule has 0 amide bonds. The summed E-state index contributed by atoms with van der Waals surface area (Å²) in [4.78, 5) is 9.05. The molecule has 6 heteroatoms. The van der Waals surface area contributed by atoms with Crippen LogP contribution in [0.15, 0.2) is 22.7 Å². The van der Waals surface area contributed by atoms with E-state index >= 15 is 0 Å². The van der Waals surface area contributed by atoms with Crippen LogP contribution in [0.5, 0.6) is 0 Å². The molecule has 0 aliphatic heterocycles. The zero-order valence-corrected chi connectivity index (χ0v) is 14.3. The monoisotopic (exact) mass is 449 g/mol. The van der Waals surface area contributed by atoms with E-state index in [2.05, 4.69) is 48.5 Å². The molecule has 0 spiro atoms. The smallest absolute Gasteiger partial charge is 0.161 e. The van der Waals surface area contributed by atoms with Gasteiger partial charge in [0.15, 0.2) is 5.82 Å². The first-order valence-corrected chi connectivity index (χ1v) is 8.09. The number of aromatic nitrogens is 2. The third-order valence-electron chi connectivity index (χ3n) is 3.04. The Hall–Kier alpha value is -0.400. The molecule has 1 aliphatic rings. The van der Waals surface area contributed by atoms with Crippen molar-refractivity contribution in [3.8, 4) is 11.4 Å². The Kier molecular flexibility index (Phi) is 3.70. The van der Waals surface area contributed by atoms with E-state index in [1.165, 1.54) is 12.8 Å². The molecule has 0 atom stereocenters. The molecule has 0 radical (unpaired) electrons. The Morgan fingerprint density at radius 1 is 1.32 bits per heavy atom. The zero-order chi connectivity index (χ0) is 13.6. The number of nitrogen functional groups attached to an aromatic ring is 1. The molecule has 1 saturated carbocycles. The summed E-state index contributed by atoms with van der Waals surface area (Å²) >= 11 is 11.6. The van der Waals surface area contributed by atoms with Gasteiger partial charge in [0, 0.05) is 16.0 Å². The predicted octanol–water partition coefficient (Wildman–Crippen LogP) is 4.62. The number of rotatable bonds is 2. The van der Waals surface area contributed by atoms with Gasteiger partial charge in [-0.05, 0) is 69.6 Å². The van der Waals surface area contributed by atoms with E-state index in [1.54, 1.807) is 0 Å². The van der Waals surface area contributed by atoms with Crippen molar-refractivity contribution in [2.24, 2.45) is 0 Å². The fourth-order valence-corrected chi connectivity index (χ4v) is 3.05. The SMILES string of the molecule is Nc1nc(-c2ccc(Cl)c(Br)c2)nc(C2CC2)c1I. The minimum atomic E-state index is 0.548. The van der Waals surface area contributed by atoms with Crippen molar-refractivity contribution in [3.05, 3.63) is 37.0 Å². The second-order valence-electron chi connectivity index (χ2n) is 4.53. The maximum Gasteiger partial charge on any atom is 0.161 e. The van der Waals surface area contributed by atoms with Crippen LogP contribution in [0.3, 0.4) is 0 Å². The largest absolute Gasteiger partial charge is 0.383 e. The van der Waals surface area contributed by atoms with E-state index in [1.807, 2.05) is 18.2 Å². The fraction of sp³-hybridized carbons (Fsp3) is 0.231. The maximum atomic E-state index is 6.00. The molecule has 2 N–H and O–H groups in total. The summed E-state index contributed by atoms with van der Waals surface area (Å²) in [6.07, 6.45) is 2.38. The van der Waals surface area contributed by atoms with Crippen molar-refractivity contribution in [1.29, 1.82) is 0 Å². The average Bonchev–Trinajstić information content (AvgIpc) is 3.20. The number of anilines is 1. The molecule has 0 bridgehead atoms. The van der Waals surface area contributed by atoms with Gasteiger partial charge in [-0.15, -0.1) is 0 Å². The summed E-state index contributed by atoms with van der Waals surface area (Å²) in [5.41, 5.74) is 7.99. The number of hydrogen-bond donors (Lipinski definition) is 1. The van der Waals surface area contributed by atoms with Gasteiger partial charge in [-0.3, -0.25) is 0 Å². The van der Waals surface area contributed by atoms with Crippen molar-refractivity contribution < 1.29 is 0 Å². The molecule has 19 heavy (non-hydrogen) atoms. The summed E-state index contributed by atoms with van der Waals surface area (Å²) in [5.74, 6) is 1.77. The molecular formula is C13H10BrClIN3. The quantitative estimate of drug-likeness (QED) is 0.679. The van der Waals surface area contributed by atoms with Crippen LogP contribution in [-0.4, -0.2) is 9.97 Å². The highest BCUT2D eigenvalue weighted by molar-refractivity contribution is 14.1. The standard InChI is InChI=1S/C13H10BrClIN3/c14-8-5-7(3-4-9(8)15)13-18-11(6-1-2-6)10(16)12(17)19-13/h3-6H,1-2H2,(H2,17,18,19). The number of nitrogens with two attached hydrogens (primary N) is 1. The van der Waals surface area contributed by atoms with Crippen LogP contribution in [0, 0.1) is 3.57 Å². The Morgan fingerprint density at radius 2 is 2.05 bits per heavy atom.